The third kappa shape index (κ3) is 66.6. The second kappa shape index (κ2) is 47.7. The summed E-state index contributed by atoms with van der Waals surface area (Å²) >= 11 is 0. The summed E-state index contributed by atoms with van der Waals surface area (Å²) in [4.78, 5) is 20.4. The summed E-state index contributed by atoms with van der Waals surface area (Å²) in [6, 6.07) is 0. The second-order valence-electron chi connectivity index (χ2n) is 12.4. The van der Waals surface area contributed by atoms with Gasteiger partial charge in [0.1, 0.15) is 0 Å². The molecule has 0 spiro atoms. The van der Waals surface area contributed by atoms with Crippen molar-refractivity contribution in [1.82, 2.24) is 0 Å². The van der Waals surface area contributed by atoms with Crippen molar-refractivity contribution in [3.63, 3.8) is 0 Å². The predicted octanol–water partition coefficient (Wildman–Crippen LogP) is 10.9. The number of carbonyl (C=O) groups excluding carboxylic acids is 2. The first-order valence-corrected chi connectivity index (χ1v) is 18.6. The number of unbranched alkanes of at least 4 members (excludes halogenated alkanes) is 28. The number of carboxylic acids is 2. The van der Waals surface area contributed by atoms with Gasteiger partial charge < -0.3 is 19.8 Å². The molecule has 4 nitrogen and oxygen atoms in total. The van der Waals surface area contributed by atoms with Gasteiger partial charge in [-0.05, 0) is 25.7 Å². The molecule has 45 heavy (non-hydrogen) atoms. The summed E-state index contributed by atoms with van der Waals surface area (Å²) in [6.45, 7) is 4.53. The van der Waals surface area contributed by atoms with Gasteiger partial charge in [-0.2, -0.15) is 0 Å². The average Bonchev–Trinajstić information content (AvgIpc) is 2.97. The SMILES string of the molecule is CCCCCCCCCCCCCCCCCC(=O)[O-].CCCCCCCCCCCCCCCCCC(=O)[O-].FB(F)F.[Ni+2]. The minimum absolute atomic E-state index is 0. The van der Waals surface area contributed by atoms with E-state index < -0.39 is 19.5 Å². The van der Waals surface area contributed by atoms with E-state index in [-0.39, 0.29) is 29.3 Å². The Morgan fingerprint density at radius 1 is 0.378 bits per heavy atom. The van der Waals surface area contributed by atoms with Crippen molar-refractivity contribution in [2.75, 3.05) is 0 Å². The number of aliphatic carboxylic acids is 2. The Labute approximate surface area is 287 Å². The number of halogens is 3. The van der Waals surface area contributed by atoms with Crippen LogP contribution in [0.2, 0.25) is 0 Å². The Morgan fingerprint density at radius 2 is 0.511 bits per heavy atom. The Hall–Kier alpha value is -0.712. The number of rotatable bonds is 32. The van der Waals surface area contributed by atoms with E-state index in [4.69, 9.17) is 0 Å². The van der Waals surface area contributed by atoms with Gasteiger partial charge in [0, 0.05) is 11.9 Å². The summed E-state index contributed by atoms with van der Waals surface area (Å²) in [5, 5.41) is 20.4. The normalized spacial score (nSPS) is 10.2. The van der Waals surface area contributed by atoms with Crippen LogP contribution in [0.4, 0.5) is 12.9 Å². The molecule has 0 rings (SSSR count). The molecule has 0 aromatic heterocycles. The molecule has 0 aromatic rings. The van der Waals surface area contributed by atoms with Crippen molar-refractivity contribution in [2.24, 2.45) is 0 Å². The smallest absolute Gasteiger partial charge is 0.550 e. The molecule has 0 saturated heterocycles. The molecule has 0 fully saturated rings. The summed E-state index contributed by atoms with van der Waals surface area (Å²) < 4.78 is 29.0. The zero-order valence-corrected chi connectivity index (χ0v) is 30.3. The first-order valence-electron chi connectivity index (χ1n) is 18.6. The minimum Gasteiger partial charge on any atom is -0.550 e. The standard InChI is InChI=1S/2C18H36O2.BF3.Ni/c2*1-2-3-4-5-6-7-8-9-10-11-12-13-14-15-16-17-18(19)20;2-1(3)4;/h2*2-17H2,1H3,(H,19,20);;/q;;;+2/p-2. The maximum Gasteiger partial charge on any atom is 2.00 e. The fraction of sp³-hybridized carbons (Fsp3) is 0.944. The molecule has 0 amide bonds. The molecule has 0 aliphatic rings. The van der Waals surface area contributed by atoms with Crippen molar-refractivity contribution < 1.29 is 49.2 Å². The van der Waals surface area contributed by atoms with Crippen LogP contribution in [0.1, 0.15) is 219 Å². The van der Waals surface area contributed by atoms with Gasteiger partial charge >= 0.3 is 24.0 Å². The molecule has 0 aromatic carbocycles. The van der Waals surface area contributed by atoms with Crippen molar-refractivity contribution in [3.8, 4) is 0 Å². The Balaban J connectivity index is -0.000000327. The quantitative estimate of drug-likeness (QED) is 0.0519. The fourth-order valence-electron chi connectivity index (χ4n) is 5.28. The molecule has 0 atom stereocenters. The van der Waals surface area contributed by atoms with Crippen LogP contribution in [0.25, 0.3) is 0 Å². The van der Waals surface area contributed by atoms with Crippen molar-refractivity contribution >= 4 is 19.5 Å². The largest absolute Gasteiger partial charge is 2.00 e. The van der Waals surface area contributed by atoms with Crippen LogP contribution in [-0.4, -0.2) is 19.5 Å². The fourth-order valence-corrected chi connectivity index (χ4v) is 5.28. The van der Waals surface area contributed by atoms with Gasteiger partial charge in [0.25, 0.3) is 0 Å². The zero-order valence-electron chi connectivity index (χ0n) is 29.3. The first-order chi connectivity index (χ1) is 21.3. The van der Waals surface area contributed by atoms with E-state index in [1.54, 1.807) is 0 Å². The summed E-state index contributed by atoms with van der Waals surface area (Å²) in [5.41, 5.74) is 0. The molecule has 0 aliphatic heterocycles. The van der Waals surface area contributed by atoms with E-state index >= 15 is 0 Å². The van der Waals surface area contributed by atoms with Gasteiger partial charge in [0.2, 0.25) is 0 Å². The molecule has 0 saturated carbocycles. The van der Waals surface area contributed by atoms with E-state index in [2.05, 4.69) is 13.8 Å². The topological polar surface area (TPSA) is 80.3 Å². The van der Waals surface area contributed by atoms with Gasteiger partial charge in [0.15, 0.2) is 0 Å². The maximum atomic E-state index is 10.2. The van der Waals surface area contributed by atoms with Crippen LogP contribution >= 0.6 is 0 Å². The molecule has 0 unspecified atom stereocenters. The van der Waals surface area contributed by atoms with Crippen molar-refractivity contribution in [1.29, 1.82) is 0 Å². The molecule has 0 radical (unpaired) electrons. The van der Waals surface area contributed by atoms with E-state index in [9.17, 15) is 32.7 Å². The molecule has 0 heterocycles. The van der Waals surface area contributed by atoms with Crippen LogP contribution in [0, 0.1) is 0 Å². The van der Waals surface area contributed by atoms with Crippen LogP contribution in [0.15, 0.2) is 0 Å². The zero-order chi connectivity index (χ0) is 33.4. The summed E-state index contributed by atoms with van der Waals surface area (Å²) in [7, 11) is -3.67. The van der Waals surface area contributed by atoms with E-state index in [0.717, 1.165) is 25.7 Å². The van der Waals surface area contributed by atoms with Crippen molar-refractivity contribution in [3.05, 3.63) is 0 Å². The molecule has 9 heteroatoms. The van der Waals surface area contributed by atoms with E-state index in [0.29, 0.717) is 0 Å². The maximum absolute atomic E-state index is 10.2. The average molecular weight is 693 g/mol. The molecule has 272 valence electrons. The number of carbonyl (C=O) groups is 2. The van der Waals surface area contributed by atoms with Gasteiger partial charge in [0.05, 0.1) is 0 Å². The van der Waals surface area contributed by atoms with Crippen LogP contribution in [0.3, 0.4) is 0 Å². The monoisotopic (exact) mass is 692 g/mol. The number of hydrogen-bond donors (Lipinski definition) is 0. The summed E-state index contributed by atoms with van der Waals surface area (Å²) in [6.07, 6.45) is 39.7. The number of hydrogen-bond acceptors (Lipinski definition) is 4. The third-order valence-corrected chi connectivity index (χ3v) is 7.97. The molecular formula is C36H70BF3NiO4. The van der Waals surface area contributed by atoms with Gasteiger partial charge in [-0.25, -0.2) is 0 Å². The van der Waals surface area contributed by atoms with Gasteiger partial charge in [-0.3, -0.25) is 12.9 Å². The third-order valence-electron chi connectivity index (χ3n) is 7.97. The Bertz CT molecular complexity index is 514. The Kier molecular flexibility index (Phi) is 54.2. The molecule has 0 bridgehead atoms. The minimum atomic E-state index is -3.67. The van der Waals surface area contributed by atoms with Crippen LogP contribution < -0.4 is 10.2 Å². The van der Waals surface area contributed by atoms with Gasteiger partial charge in [-0.15, -0.1) is 0 Å². The van der Waals surface area contributed by atoms with Crippen LogP contribution in [0.5, 0.6) is 0 Å². The molecular weight excluding hydrogens is 623 g/mol. The number of carboxylic acid groups (broad SMARTS) is 2. The second-order valence-corrected chi connectivity index (χ2v) is 12.4. The van der Waals surface area contributed by atoms with E-state index in [1.165, 1.54) is 167 Å². The van der Waals surface area contributed by atoms with E-state index in [1.807, 2.05) is 0 Å². The van der Waals surface area contributed by atoms with Gasteiger partial charge in [-0.1, -0.05) is 194 Å². The summed E-state index contributed by atoms with van der Waals surface area (Å²) in [5.74, 6) is -1.81. The van der Waals surface area contributed by atoms with Crippen molar-refractivity contribution in [2.45, 2.75) is 219 Å². The molecule has 0 aliphatic carbocycles. The first kappa shape index (κ1) is 51.1. The predicted molar refractivity (Wildman–Crippen MR) is 178 cm³/mol. The van der Waals surface area contributed by atoms with Crippen LogP contribution in [-0.2, 0) is 26.1 Å². The molecule has 0 N–H and O–H groups in total. The Morgan fingerprint density at radius 3 is 0.644 bits per heavy atom.